The number of aromatic hydroxyl groups is 1. The van der Waals surface area contributed by atoms with Crippen molar-refractivity contribution in [1.29, 1.82) is 0 Å². The third kappa shape index (κ3) is 2.75. The van der Waals surface area contributed by atoms with Gasteiger partial charge in [0.2, 0.25) is 0 Å². The number of aryl methyl sites for hydroxylation is 1. The van der Waals surface area contributed by atoms with E-state index in [9.17, 15) is 18.3 Å². The van der Waals surface area contributed by atoms with Gasteiger partial charge in [-0.2, -0.15) is 0 Å². The van der Waals surface area contributed by atoms with Crippen molar-refractivity contribution in [2.75, 3.05) is 4.72 Å². The molecule has 0 saturated carbocycles. The van der Waals surface area contributed by atoms with E-state index in [1.807, 2.05) is 0 Å². The quantitative estimate of drug-likeness (QED) is 0.751. The summed E-state index contributed by atoms with van der Waals surface area (Å²) in [6, 6.07) is 5.40. The van der Waals surface area contributed by atoms with E-state index in [-0.39, 0.29) is 21.2 Å². The topological polar surface area (TPSA) is 104 Å². The van der Waals surface area contributed by atoms with Gasteiger partial charge in [0.1, 0.15) is 15.5 Å². The molecule has 0 unspecified atom stereocenters. The van der Waals surface area contributed by atoms with Gasteiger partial charge in [-0.05, 0) is 42.1 Å². The third-order valence-electron chi connectivity index (χ3n) is 2.57. The Bertz CT molecular complexity index is 764. The second-order valence-corrected chi connectivity index (χ2v) is 6.59. The van der Waals surface area contributed by atoms with Gasteiger partial charge in [-0.3, -0.25) is 4.72 Å². The maximum absolute atomic E-state index is 12.2. The van der Waals surface area contributed by atoms with E-state index < -0.39 is 16.0 Å². The molecule has 0 atom stereocenters. The summed E-state index contributed by atoms with van der Waals surface area (Å²) in [6.45, 7) is 1.63. The molecule has 0 saturated heterocycles. The van der Waals surface area contributed by atoms with E-state index >= 15 is 0 Å². The summed E-state index contributed by atoms with van der Waals surface area (Å²) in [5, 5.41) is 19.6. The number of thiophene rings is 1. The van der Waals surface area contributed by atoms with Crippen LogP contribution in [0.25, 0.3) is 0 Å². The van der Waals surface area contributed by atoms with E-state index in [0.717, 1.165) is 11.3 Å². The average Bonchev–Trinajstić information content (AvgIpc) is 2.82. The molecule has 1 aromatic heterocycles. The molecular formula is C12H11NO5S2. The maximum atomic E-state index is 12.2. The number of hydrogen-bond acceptors (Lipinski definition) is 5. The van der Waals surface area contributed by atoms with Gasteiger partial charge in [0, 0.05) is 0 Å². The second kappa shape index (κ2) is 5.14. The molecule has 0 aliphatic rings. The first-order valence-electron chi connectivity index (χ1n) is 5.44. The number of sulfonamides is 1. The predicted molar refractivity (Wildman–Crippen MR) is 74.9 cm³/mol. The maximum Gasteiger partial charge on any atom is 0.347 e. The number of anilines is 1. The Morgan fingerprint density at radius 2 is 2.00 bits per heavy atom. The first-order chi connectivity index (χ1) is 9.31. The standard InChI is InChI=1S/C12H11NO5S2/c1-7-6-8(14)2-3-9(7)13-20(17,18)10-4-5-19-11(10)12(15)16/h2-6,13-14H,1H3,(H,15,16). The number of phenols is 1. The number of aromatic carboxylic acids is 1. The Labute approximate surface area is 119 Å². The van der Waals surface area contributed by atoms with Crippen LogP contribution in [0.15, 0.2) is 34.5 Å². The van der Waals surface area contributed by atoms with Gasteiger partial charge in [-0.15, -0.1) is 11.3 Å². The lowest BCUT2D eigenvalue weighted by molar-refractivity contribution is 0.0698. The van der Waals surface area contributed by atoms with Crippen LogP contribution in [0.4, 0.5) is 5.69 Å². The summed E-state index contributed by atoms with van der Waals surface area (Å²) in [5.74, 6) is -1.27. The third-order valence-corrected chi connectivity index (χ3v) is 5.01. The molecule has 0 amide bonds. The number of phenolic OH excluding ortho intramolecular Hbond substituents is 1. The van der Waals surface area contributed by atoms with Crippen LogP contribution < -0.4 is 4.72 Å². The molecule has 0 spiro atoms. The highest BCUT2D eigenvalue weighted by Crippen LogP contribution is 2.27. The highest BCUT2D eigenvalue weighted by atomic mass is 32.2. The Morgan fingerprint density at radius 3 is 2.60 bits per heavy atom. The van der Waals surface area contributed by atoms with E-state index in [1.54, 1.807) is 6.92 Å². The van der Waals surface area contributed by atoms with E-state index in [0.29, 0.717) is 5.56 Å². The van der Waals surface area contributed by atoms with Gasteiger partial charge < -0.3 is 10.2 Å². The first kappa shape index (κ1) is 14.4. The first-order valence-corrected chi connectivity index (χ1v) is 7.81. The second-order valence-electron chi connectivity index (χ2n) is 4.02. The Hall–Kier alpha value is -2.06. The lowest BCUT2D eigenvalue weighted by atomic mass is 10.2. The average molecular weight is 313 g/mol. The summed E-state index contributed by atoms with van der Waals surface area (Å²) >= 11 is 0.843. The van der Waals surface area contributed by atoms with E-state index in [2.05, 4.69) is 4.72 Å². The molecule has 0 aliphatic carbocycles. The smallest absolute Gasteiger partial charge is 0.347 e. The van der Waals surface area contributed by atoms with Gasteiger partial charge in [-0.1, -0.05) is 0 Å². The molecule has 6 nitrogen and oxygen atoms in total. The predicted octanol–water partition coefficient (Wildman–Crippen LogP) is 2.26. The Morgan fingerprint density at radius 1 is 1.30 bits per heavy atom. The van der Waals surface area contributed by atoms with Crippen molar-refractivity contribution in [1.82, 2.24) is 0 Å². The summed E-state index contributed by atoms with van der Waals surface area (Å²) in [7, 11) is -3.98. The van der Waals surface area contributed by atoms with E-state index in [4.69, 9.17) is 5.11 Å². The number of carboxylic acids is 1. The van der Waals surface area contributed by atoms with Crippen LogP contribution in [0.5, 0.6) is 5.75 Å². The minimum absolute atomic E-state index is 0.0206. The molecule has 0 bridgehead atoms. The van der Waals surface area contributed by atoms with Crippen LogP contribution in [0, 0.1) is 6.92 Å². The highest BCUT2D eigenvalue weighted by Gasteiger charge is 2.24. The molecule has 2 rings (SSSR count). The zero-order chi connectivity index (χ0) is 14.9. The van der Waals surface area contributed by atoms with Crippen molar-refractivity contribution in [2.45, 2.75) is 11.8 Å². The molecule has 106 valence electrons. The molecule has 2 aromatic rings. The molecule has 1 aromatic carbocycles. The van der Waals surface area contributed by atoms with Crippen LogP contribution in [0.3, 0.4) is 0 Å². The summed E-state index contributed by atoms with van der Waals surface area (Å²) in [5.41, 5.74) is 0.811. The van der Waals surface area contributed by atoms with Gasteiger partial charge in [0.05, 0.1) is 5.69 Å². The van der Waals surface area contributed by atoms with Gasteiger partial charge in [0.25, 0.3) is 10.0 Å². The Kier molecular flexibility index (Phi) is 3.69. The van der Waals surface area contributed by atoms with Crippen LogP contribution in [-0.2, 0) is 10.0 Å². The number of carbonyl (C=O) groups is 1. The van der Waals surface area contributed by atoms with Crippen LogP contribution >= 0.6 is 11.3 Å². The van der Waals surface area contributed by atoms with Crippen molar-refractivity contribution >= 4 is 33.0 Å². The van der Waals surface area contributed by atoms with Crippen molar-refractivity contribution in [3.63, 3.8) is 0 Å². The lowest BCUT2D eigenvalue weighted by Gasteiger charge is -2.10. The largest absolute Gasteiger partial charge is 0.508 e. The molecule has 20 heavy (non-hydrogen) atoms. The summed E-state index contributed by atoms with van der Waals surface area (Å²) in [6.07, 6.45) is 0. The number of carboxylic acid groups (broad SMARTS) is 1. The zero-order valence-corrected chi connectivity index (χ0v) is 12.0. The SMILES string of the molecule is Cc1cc(O)ccc1NS(=O)(=O)c1ccsc1C(=O)O. The lowest BCUT2D eigenvalue weighted by Crippen LogP contribution is -2.15. The Balaban J connectivity index is 2.41. The summed E-state index contributed by atoms with van der Waals surface area (Å²) in [4.78, 5) is 10.5. The molecule has 8 heteroatoms. The van der Waals surface area contributed by atoms with Crippen molar-refractivity contribution < 1.29 is 23.4 Å². The molecular weight excluding hydrogens is 302 g/mol. The molecule has 0 fully saturated rings. The van der Waals surface area contributed by atoms with Gasteiger partial charge in [0.15, 0.2) is 0 Å². The van der Waals surface area contributed by atoms with Crippen molar-refractivity contribution in [2.24, 2.45) is 0 Å². The number of rotatable bonds is 4. The van der Waals surface area contributed by atoms with Crippen molar-refractivity contribution in [3.8, 4) is 5.75 Å². The van der Waals surface area contributed by atoms with Gasteiger partial charge in [-0.25, -0.2) is 13.2 Å². The fraction of sp³-hybridized carbons (Fsp3) is 0.0833. The van der Waals surface area contributed by atoms with Crippen LogP contribution in [0.1, 0.15) is 15.2 Å². The molecule has 3 N–H and O–H groups in total. The van der Waals surface area contributed by atoms with Gasteiger partial charge >= 0.3 is 5.97 Å². The van der Waals surface area contributed by atoms with Crippen LogP contribution in [-0.4, -0.2) is 24.6 Å². The molecule has 0 radical (unpaired) electrons. The van der Waals surface area contributed by atoms with E-state index in [1.165, 1.54) is 29.6 Å². The normalized spacial score (nSPS) is 11.2. The zero-order valence-electron chi connectivity index (χ0n) is 10.3. The monoisotopic (exact) mass is 313 g/mol. The highest BCUT2D eigenvalue weighted by molar-refractivity contribution is 7.93. The fourth-order valence-corrected chi connectivity index (χ4v) is 4.02. The minimum Gasteiger partial charge on any atom is -0.508 e. The minimum atomic E-state index is -3.98. The van der Waals surface area contributed by atoms with Crippen LogP contribution in [0.2, 0.25) is 0 Å². The number of benzene rings is 1. The summed E-state index contributed by atoms with van der Waals surface area (Å²) < 4.78 is 26.7. The number of hydrogen-bond donors (Lipinski definition) is 3. The fourth-order valence-electron chi connectivity index (χ4n) is 1.63. The molecule has 0 aliphatic heterocycles. The molecule has 1 heterocycles. The van der Waals surface area contributed by atoms with Crippen molar-refractivity contribution in [3.05, 3.63) is 40.1 Å². The number of nitrogens with one attached hydrogen (secondary N) is 1.